The van der Waals surface area contributed by atoms with Gasteiger partial charge in [-0.3, -0.25) is 4.68 Å². The summed E-state index contributed by atoms with van der Waals surface area (Å²) in [5.41, 5.74) is 1.19. The number of rotatable bonds is 8. The number of hydrogen-bond acceptors (Lipinski definition) is 4. The van der Waals surface area contributed by atoms with Crippen LogP contribution in [0.2, 0.25) is 0 Å². The van der Waals surface area contributed by atoms with Crippen molar-refractivity contribution in [2.45, 2.75) is 6.54 Å². The molecule has 0 aliphatic carbocycles. The maximum atomic E-state index is 5.31. The molecule has 5 nitrogen and oxygen atoms in total. The van der Waals surface area contributed by atoms with Crippen LogP contribution in [0.25, 0.3) is 0 Å². The van der Waals surface area contributed by atoms with E-state index in [1.165, 1.54) is 5.56 Å². The smallest absolute Gasteiger partial charge is 0.0700 e. The molecule has 0 aromatic carbocycles. The number of aromatic nitrogens is 2. The van der Waals surface area contributed by atoms with Crippen LogP contribution in [-0.2, 0) is 23.1 Å². The van der Waals surface area contributed by atoms with Gasteiger partial charge in [-0.2, -0.15) is 5.10 Å². The summed E-state index contributed by atoms with van der Waals surface area (Å²) < 4.78 is 12.0. The van der Waals surface area contributed by atoms with Crippen molar-refractivity contribution in [2.24, 2.45) is 7.05 Å². The lowest BCUT2D eigenvalue weighted by Gasteiger charge is -2.04. The SMILES string of the molecule is COCCOCCNCc1cnn(C)c1. The second kappa shape index (κ2) is 7.39. The molecule has 15 heavy (non-hydrogen) atoms. The van der Waals surface area contributed by atoms with E-state index < -0.39 is 0 Å². The third-order valence-corrected chi connectivity index (χ3v) is 1.94. The highest BCUT2D eigenvalue weighted by atomic mass is 16.5. The van der Waals surface area contributed by atoms with Gasteiger partial charge in [0.1, 0.15) is 0 Å². The molecule has 1 aromatic rings. The molecule has 0 saturated heterocycles. The Labute approximate surface area is 90.4 Å². The molecule has 86 valence electrons. The van der Waals surface area contributed by atoms with Gasteiger partial charge in [-0.05, 0) is 0 Å². The van der Waals surface area contributed by atoms with Crippen LogP contribution in [0, 0.1) is 0 Å². The van der Waals surface area contributed by atoms with Crippen LogP contribution in [0.15, 0.2) is 12.4 Å². The van der Waals surface area contributed by atoms with E-state index in [2.05, 4.69) is 10.4 Å². The number of hydrogen-bond donors (Lipinski definition) is 1. The van der Waals surface area contributed by atoms with Crippen LogP contribution in [-0.4, -0.2) is 43.3 Å². The Bertz CT molecular complexity index is 263. The van der Waals surface area contributed by atoms with E-state index in [1.807, 2.05) is 19.4 Å². The third-order valence-electron chi connectivity index (χ3n) is 1.94. The zero-order valence-electron chi connectivity index (χ0n) is 9.40. The Morgan fingerprint density at radius 1 is 1.40 bits per heavy atom. The van der Waals surface area contributed by atoms with E-state index >= 15 is 0 Å². The molecule has 0 spiro atoms. The van der Waals surface area contributed by atoms with Gasteiger partial charge in [-0.25, -0.2) is 0 Å². The van der Waals surface area contributed by atoms with E-state index in [0.717, 1.165) is 13.1 Å². The van der Waals surface area contributed by atoms with Gasteiger partial charge in [0, 0.05) is 39.0 Å². The Kier molecular flexibility index (Phi) is 5.99. The molecule has 5 heteroatoms. The van der Waals surface area contributed by atoms with Crippen molar-refractivity contribution in [3.8, 4) is 0 Å². The number of ether oxygens (including phenoxy) is 2. The summed E-state index contributed by atoms with van der Waals surface area (Å²) in [7, 11) is 3.58. The van der Waals surface area contributed by atoms with Crippen molar-refractivity contribution in [3.05, 3.63) is 18.0 Å². The first-order valence-corrected chi connectivity index (χ1v) is 5.08. The van der Waals surface area contributed by atoms with E-state index in [0.29, 0.717) is 19.8 Å². The highest BCUT2D eigenvalue weighted by molar-refractivity contribution is 5.02. The first kappa shape index (κ1) is 12.2. The quantitative estimate of drug-likeness (QED) is 0.625. The van der Waals surface area contributed by atoms with Crippen molar-refractivity contribution in [1.29, 1.82) is 0 Å². The second-order valence-corrected chi connectivity index (χ2v) is 3.30. The fraction of sp³-hybridized carbons (Fsp3) is 0.700. The molecule has 1 aromatic heterocycles. The molecule has 0 bridgehead atoms. The average Bonchev–Trinajstić information content (AvgIpc) is 2.63. The van der Waals surface area contributed by atoms with Crippen molar-refractivity contribution in [2.75, 3.05) is 33.5 Å². The van der Waals surface area contributed by atoms with Crippen molar-refractivity contribution in [1.82, 2.24) is 15.1 Å². The number of nitrogens with zero attached hydrogens (tertiary/aromatic N) is 2. The minimum atomic E-state index is 0.655. The lowest BCUT2D eigenvalue weighted by Crippen LogP contribution is -2.19. The van der Waals surface area contributed by atoms with Gasteiger partial charge in [-0.15, -0.1) is 0 Å². The van der Waals surface area contributed by atoms with E-state index in [4.69, 9.17) is 9.47 Å². The number of aryl methyl sites for hydroxylation is 1. The Morgan fingerprint density at radius 2 is 2.27 bits per heavy atom. The van der Waals surface area contributed by atoms with E-state index in [1.54, 1.807) is 11.8 Å². The molecule has 1 N–H and O–H groups in total. The summed E-state index contributed by atoms with van der Waals surface area (Å²) in [4.78, 5) is 0. The highest BCUT2D eigenvalue weighted by Crippen LogP contribution is 1.94. The van der Waals surface area contributed by atoms with Gasteiger partial charge < -0.3 is 14.8 Å². The fourth-order valence-electron chi connectivity index (χ4n) is 1.18. The van der Waals surface area contributed by atoms with E-state index in [9.17, 15) is 0 Å². The fourth-order valence-corrected chi connectivity index (χ4v) is 1.18. The zero-order chi connectivity index (χ0) is 10.9. The van der Waals surface area contributed by atoms with Crippen LogP contribution in [0.4, 0.5) is 0 Å². The first-order valence-electron chi connectivity index (χ1n) is 5.08. The first-order chi connectivity index (χ1) is 7.33. The van der Waals surface area contributed by atoms with Crippen LogP contribution < -0.4 is 5.32 Å². The predicted octanol–water partition coefficient (Wildman–Crippen LogP) is 0.173. The zero-order valence-corrected chi connectivity index (χ0v) is 9.40. The normalized spacial score (nSPS) is 10.8. The summed E-state index contributed by atoms with van der Waals surface area (Å²) in [5.74, 6) is 0. The molecule has 0 atom stereocenters. The lowest BCUT2D eigenvalue weighted by atomic mass is 10.3. The summed E-state index contributed by atoms with van der Waals surface area (Å²) in [6.45, 7) is 3.71. The molecule has 0 aliphatic heterocycles. The van der Waals surface area contributed by atoms with Crippen LogP contribution >= 0.6 is 0 Å². The Hall–Kier alpha value is -0.910. The lowest BCUT2D eigenvalue weighted by molar-refractivity contribution is 0.0719. The predicted molar refractivity (Wildman–Crippen MR) is 57.6 cm³/mol. The molecule has 1 heterocycles. The van der Waals surface area contributed by atoms with Gasteiger partial charge in [0.15, 0.2) is 0 Å². The molecular weight excluding hydrogens is 194 g/mol. The highest BCUT2D eigenvalue weighted by Gasteiger charge is 1.94. The van der Waals surface area contributed by atoms with Gasteiger partial charge in [0.25, 0.3) is 0 Å². The van der Waals surface area contributed by atoms with Gasteiger partial charge in [0.05, 0.1) is 26.0 Å². The molecule has 0 amide bonds. The number of methoxy groups -OCH3 is 1. The van der Waals surface area contributed by atoms with E-state index in [-0.39, 0.29) is 0 Å². The molecule has 0 unspecified atom stereocenters. The summed E-state index contributed by atoms with van der Waals surface area (Å²) in [6.07, 6.45) is 3.86. The van der Waals surface area contributed by atoms with Crippen molar-refractivity contribution < 1.29 is 9.47 Å². The maximum Gasteiger partial charge on any atom is 0.0700 e. The monoisotopic (exact) mass is 213 g/mol. The van der Waals surface area contributed by atoms with Crippen LogP contribution in [0.5, 0.6) is 0 Å². The van der Waals surface area contributed by atoms with Crippen LogP contribution in [0.3, 0.4) is 0 Å². The molecule has 0 aliphatic rings. The minimum absolute atomic E-state index is 0.655. The number of nitrogens with one attached hydrogen (secondary N) is 1. The summed E-state index contributed by atoms with van der Waals surface area (Å²) >= 11 is 0. The minimum Gasteiger partial charge on any atom is -0.382 e. The van der Waals surface area contributed by atoms with Crippen molar-refractivity contribution in [3.63, 3.8) is 0 Å². The molecule has 0 radical (unpaired) electrons. The molecule has 0 saturated carbocycles. The molecule has 1 rings (SSSR count). The molecule has 0 fully saturated rings. The van der Waals surface area contributed by atoms with Crippen LogP contribution in [0.1, 0.15) is 5.56 Å². The van der Waals surface area contributed by atoms with Gasteiger partial charge >= 0.3 is 0 Å². The summed E-state index contributed by atoms with van der Waals surface area (Å²) in [6, 6.07) is 0. The average molecular weight is 213 g/mol. The topological polar surface area (TPSA) is 48.3 Å². The largest absolute Gasteiger partial charge is 0.382 e. The third kappa shape index (κ3) is 5.51. The van der Waals surface area contributed by atoms with Crippen molar-refractivity contribution >= 4 is 0 Å². The standard InChI is InChI=1S/C10H19N3O2/c1-13-9-10(8-12-13)7-11-3-4-15-6-5-14-2/h8-9,11H,3-7H2,1-2H3. The Morgan fingerprint density at radius 3 is 2.93 bits per heavy atom. The second-order valence-electron chi connectivity index (χ2n) is 3.30. The molecular formula is C10H19N3O2. The summed E-state index contributed by atoms with van der Waals surface area (Å²) in [5, 5.41) is 7.36. The van der Waals surface area contributed by atoms with Gasteiger partial charge in [0.2, 0.25) is 0 Å². The maximum absolute atomic E-state index is 5.31. The van der Waals surface area contributed by atoms with Gasteiger partial charge in [-0.1, -0.05) is 0 Å². The Balaban J connectivity index is 1.93.